The van der Waals surface area contributed by atoms with Crippen LogP contribution in [0.4, 0.5) is 4.79 Å². The summed E-state index contributed by atoms with van der Waals surface area (Å²) in [4.78, 5) is 35.7. The van der Waals surface area contributed by atoms with E-state index < -0.39 is 14.2 Å². The predicted octanol–water partition coefficient (Wildman–Crippen LogP) is 2.68. The van der Waals surface area contributed by atoms with Gasteiger partial charge < -0.3 is 0 Å². The van der Waals surface area contributed by atoms with Crippen molar-refractivity contribution in [1.29, 1.82) is 0 Å². The number of imidazole rings is 1. The van der Waals surface area contributed by atoms with Crippen LogP contribution in [0.3, 0.4) is 0 Å². The van der Waals surface area contributed by atoms with Gasteiger partial charge in [-0.25, -0.2) is 0 Å². The minimum atomic E-state index is -4.06. The second-order valence-corrected chi connectivity index (χ2v) is 8.60. The van der Waals surface area contributed by atoms with E-state index in [0.717, 1.165) is 26.6 Å². The van der Waals surface area contributed by atoms with Crippen molar-refractivity contribution in [3.8, 4) is 11.1 Å². The Balaban J connectivity index is 1.28. The molecule has 0 bridgehead atoms. The van der Waals surface area contributed by atoms with E-state index in [1.807, 2.05) is 24.3 Å². The van der Waals surface area contributed by atoms with E-state index in [1.165, 1.54) is 18.7 Å². The van der Waals surface area contributed by atoms with Crippen molar-refractivity contribution in [3.63, 3.8) is 0 Å². The Morgan fingerprint density at radius 1 is 1.10 bits per heavy atom. The average molecular weight is 415 g/mol. The van der Waals surface area contributed by atoms with Crippen LogP contribution < -0.4 is 5.32 Å². The van der Waals surface area contributed by atoms with Crippen molar-refractivity contribution in [2.75, 3.05) is 19.8 Å². The number of rotatable bonds is 7. The van der Waals surface area contributed by atoms with Crippen LogP contribution >= 0.6 is 8.09 Å². The number of hydrogen-bond donors (Lipinski definition) is 3. The molecule has 1 aliphatic carbocycles. The van der Waals surface area contributed by atoms with Gasteiger partial charge >= 0.3 is 168 Å². The summed E-state index contributed by atoms with van der Waals surface area (Å²) in [7, 11) is -4.06. The molecule has 0 unspecified atom stereocenters. The fourth-order valence-corrected chi connectivity index (χ4v) is 4.50. The number of nitrogens with one attached hydrogen (secondary N) is 1. The average Bonchev–Trinajstić information content (AvgIpc) is 3.37. The first-order chi connectivity index (χ1) is 14.1. The summed E-state index contributed by atoms with van der Waals surface area (Å²) >= 11 is 0. The molecular formula is C20H22N3O5P. The number of nitrogens with zero attached hydrogens (tertiary/aromatic N) is 2. The summed E-state index contributed by atoms with van der Waals surface area (Å²) in [6, 6.07) is 16.2. The molecule has 4 rings (SSSR count). The van der Waals surface area contributed by atoms with Gasteiger partial charge in [-0.2, -0.15) is 0 Å². The Morgan fingerprint density at radius 2 is 1.76 bits per heavy atom. The molecule has 8 nitrogen and oxygen atoms in total. The molecule has 0 atom stereocenters. The van der Waals surface area contributed by atoms with Crippen LogP contribution in [0.15, 0.2) is 67.3 Å². The monoisotopic (exact) mass is 415 g/mol. The van der Waals surface area contributed by atoms with Crippen molar-refractivity contribution < 1.29 is 23.8 Å². The zero-order valence-corrected chi connectivity index (χ0v) is 16.6. The van der Waals surface area contributed by atoms with Gasteiger partial charge in [0.15, 0.2) is 0 Å². The van der Waals surface area contributed by atoms with Crippen LogP contribution in [0.5, 0.6) is 0 Å². The maximum atomic E-state index is 12.1. The van der Waals surface area contributed by atoms with Gasteiger partial charge in [-0.1, -0.05) is 0 Å². The number of ether oxygens (including phenoxy) is 1. The van der Waals surface area contributed by atoms with Crippen molar-refractivity contribution in [1.82, 2.24) is 14.6 Å². The SMILES string of the molecule is O=C(NCCO[PH](O)(O)n1ccnc1)OCC1c2ccccc2-c2ccccc21. The van der Waals surface area contributed by atoms with E-state index in [0.29, 0.717) is 0 Å². The number of amides is 1. The first kappa shape index (κ1) is 19.5. The van der Waals surface area contributed by atoms with E-state index in [9.17, 15) is 14.6 Å². The Bertz CT molecular complexity index is 948. The summed E-state index contributed by atoms with van der Waals surface area (Å²) in [5.41, 5.74) is 4.61. The molecule has 9 heteroatoms. The number of carbonyl (C=O) groups excluding carboxylic acids is 1. The van der Waals surface area contributed by atoms with Gasteiger partial charge in [-0.3, -0.25) is 0 Å². The van der Waals surface area contributed by atoms with E-state index in [2.05, 4.69) is 34.6 Å². The number of fused-ring (bicyclic) bond motifs is 3. The van der Waals surface area contributed by atoms with Crippen molar-refractivity contribution in [2.24, 2.45) is 0 Å². The number of aromatic nitrogens is 2. The molecule has 0 radical (unpaired) electrons. The Kier molecular flexibility index (Phi) is 5.60. The van der Waals surface area contributed by atoms with Crippen LogP contribution in [-0.4, -0.2) is 45.0 Å². The third-order valence-corrected chi connectivity index (χ3v) is 6.38. The summed E-state index contributed by atoms with van der Waals surface area (Å²) in [5, 5.41) is 2.56. The van der Waals surface area contributed by atoms with Gasteiger partial charge in [0.2, 0.25) is 0 Å². The first-order valence-corrected chi connectivity index (χ1v) is 11.0. The summed E-state index contributed by atoms with van der Waals surface area (Å²) in [6.45, 7) is 0.233. The van der Waals surface area contributed by atoms with E-state index in [4.69, 9.17) is 9.26 Å². The molecule has 0 saturated carbocycles. The molecule has 0 saturated heterocycles. The number of hydrogen-bond acceptors (Lipinski definition) is 6. The number of carbonyl (C=O) groups is 1. The van der Waals surface area contributed by atoms with Crippen LogP contribution in [-0.2, 0) is 9.26 Å². The quantitative estimate of drug-likeness (QED) is 0.405. The van der Waals surface area contributed by atoms with Gasteiger partial charge in [-0.05, 0) is 0 Å². The molecule has 1 aromatic heterocycles. The molecule has 2 aromatic carbocycles. The van der Waals surface area contributed by atoms with Crippen molar-refractivity contribution >= 4 is 14.2 Å². The maximum absolute atomic E-state index is 12.1. The Hall–Kier alpha value is -2.77. The topological polar surface area (TPSA) is 106 Å². The van der Waals surface area contributed by atoms with Crippen molar-refractivity contribution in [3.05, 3.63) is 78.4 Å². The normalized spacial score (nSPS) is 13.6. The van der Waals surface area contributed by atoms with E-state index in [1.54, 1.807) is 0 Å². The molecule has 3 aromatic rings. The molecule has 152 valence electrons. The summed E-state index contributed by atoms with van der Waals surface area (Å²) < 4.78 is 11.6. The predicted molar refractivity (Wildman–Crippen MR) is 109 cm³/mol. The number of alkyl carbamates (subject to hydrolysis) is 1. The zero-order valence-electron chi connectivity index (χ0n) is 15.6. The molecule has 1 amide bonds. The molecule has 0 fully saturated rings. The van der Waals surface area contributed by atoms with Crippen LogP contribution in [0.1, 0.15) is 17.0 Å². The summed E-state index contributed by atoms with van der Waals surface area (Å²) in [5.74, 6) is -0.0134. The van der Waals surface area contributed by atoms with Gasteiger partial charge in [0.05, 0.1) is 0 Å². The molecule has 1 aliphatic rings. The Labute approximate surface area is 168 Å². The Morgan fingerprint density at radius 3 is 2.38 bits per heavy atom. The second-order valence-electron chi connectivity index (χ2n) is 6.64. The molecule has 3 N–H and O–H groups in total. The molecular weight excluding hydrogens is 393 g/mol. The van der Waals surface area contributed by atoms with Gasteiger partial charge in [0.25, 0.3) is 0 Å². The number of benzene rings is 2. The van der Waals surface area contributed by atoms with Crippen LogP contribution in [0.2, 0.25) is 0 Å². The van der Waals surface area contributed by atoms with Gasteiger partial charge in [0.1, 0.15) is 0 Å². The standard InChI is InChI=1S/C20H22N3O5P/c24-20(22-10-12-28-29(25,26)23-11-9-21-14-23)27-13-19-17-7-3-1-5-15(17)16-6-2-4-8-18(16)19/h1-9,11,14,19,25-26,29H,10,12-13H2,(H,22,24). The third kappa shape index (κ3) is 4.16. The molecule has 0 spiro atoms. The fraction of sp³-hybridized carbons (Fsp3) is 0.200. The second kappa shape index (κ2) is 8.31. The summed E-state index contributed by atoms with van der Waals surface area (Å²) in [6.07, 6.45) is 3.52. The van der Waals surface area contributed by atoms with E-state index >= 15 is 0 Å². The van der Waals surface area contributed by atoms with Gasteiger partial charge in [0, 0.05) is 0 Å². The minimum absolute atomic E-state index is 0.0134. The molecule has 1 heterocycles. The van der Waals surface area contributed by atoms with Crippen LogP contribution in [0, 0.1) is 0 Å². The van der Waals surface area contributed by atoms with Gasteiger partial charge in [-0.15, -0.1) is 0 Å². The molecule has 0 aliphatic heterocycles. The van der Waals surface area contributed by atoms with Crippen LogP contribution in [0.25, 0.3) is 11.1 Å². The third-order valence-electron chi connectivity index (χ3n) is 4.85. The molecule has 29 heavy (non-hydrogen) atoms. The van der Waals surface area contributed by atoms with E-state index in [-0.39, 0.29) is 25.7 Å². The fourth-order valence-electron chi connectivity index (χ4n) is 3.50. The zero-order chi connectivity index (χ0) is 20.3. The first-order valence-electron chi connectivity index (χ1n) is 9.22. The van der Waals surface area contributed by atoms with Crippen molar-refractivity contribution in [2.45, 2.75) is 5.92 Å².